The molecule has 4 heteroatoms. The Kier molecular flexibility index (Phi) is 2.74. The summed E-state index contributed by atoms with van der Waals surface area (Å²) in [4.78, 5) is 13.1. The van der Waals surface area contributed by atoms with Gasteiger partial charge in [0, 0.05) is 11.8 Å². The number of hydrogen-bond acceptors (Lipinski definition) is 1. The molecule has 0 unspecified atom stereocenters. The van der Waals surface area contributed by atoms with Crippen LogP contribution in [0.25, 0.3) is 6.08 Å². The van der Waals surface area contributed by atoms with Gasteiger partial charge in [0.1, 0.15) is 0 Å². The number of carboxylic acid groups (broad SMARTS) is 1. The van der Waals surface area contributed by atoms with Crippen LogP contribution >= 0.6 is 0 Å². The maximum absolute atomic E-state index is 10.1. The minimum Gasteiger partial charge on any atom is -0.478 e. The summed E-state index contributed by atoms with van der Waals surface area (Å²) in [6.07, 6.45) is 4.54. The molecule has 1 rings (SSSR count). The zero-order valence-electron chi connectivity index (χ0n) is 6.87. The van der Waals surface area contributed by atoms with Crippen LogP contribution < -0.4 is 5.46 Å². The highest BCUT2D eigenvalue weighted by Crippen LogP contribution is 1.95. The lowest BCUT2D eigenvalue weighted by Gasteiger charge is -1.82. The molecular formula is C8H10BNO2. The summed E-state index contributed by atoms with van der Waals surface area (Å²) in [5.74, 6) is -0.928. The van der Waals surface area contributed by atoms with Crippen molar-refractivity contribution in [2.24, 2.45) is 0 Å². The molecule has 0 aliphatic carbocycles. The van der Waals surface area contributed by atoms with Crippen LogP contribution in [-0.2, 0) is 4.79 Å². The molecule has 62 valence electrons. The Morgan fingerprint density at radius 1 is 1.75 bits per heavy atom. The van der Waals surface area contributed by atoms with Crippen molar-refractivity contribution in [3.63, 3.8) is 0 Å². The fraction of sp³-hybridized carbons (Fsp3) is 0.125. The van der Waals surface area contributed by atoms with Gasteiger partial charge in [-0.15, -0.1) is 0 Å². The quantitative estimate of drug-likeness (QED) is 0.494. The van der Waals surface area contributed by atoms with Gasteiger partial charge in [0.25, 0.3) is 0 Å². The van der Waals surface area contributed by atoms with Gasteiger partial charge in [-0.3, -0.25) is 0 Å². The lowest BCUT2D eigenvalue weighted by Crippen LogP contribution is -2.05. The minimum absolute atomic E-state index is 0.828. The number of carbonyl (C=O) groups is 1. The summed E-state index contributed by atoms with van der Waals surface area (Å²) in [7, 11) is 0.956. The Balaban J connectivity index is 2.70. The summed E-state index contributed by atoms with van der Waals surface area (Å²) in [6, 6.07) is 1.93. The van der Waals surface area contributed by atoms with E-state index in [-0.39, 0.29) is 0 Å². The number of aromatic amines is 1. The Morgan fingerprint density at radius 2 is 2.50 bits per heavy atom. The number of aromatic nitrogens is 1. The molecule has 1 aromatic heterocycles. The molecule has 1 aromatic rings. The monoisotopic (exact) mass is 163 g/mol. The summed E-state index contributed by atoms with van der Waals surface area (Å²) in [5, 5.41) is 8.34. The standard InChI is InChI=1S/C8H10BNO2/c1-9-6-4-7(10-5-6)2-3-8(11)12/h2-5,9-10H,1H3,(H,11,12)/b3-2+. The maximum Gasteiger partial charge on any atom is 0.328 e. The fourth-order valence-corrected chi connectivity index (χ4v) is 0.921. The van der Waals surface area contributed by atoms with Crippen LogP contribution in [0.5, 0.6) is 0 Å². The van der Waals surface area contributed by atoms with Gasteiger partial charge in [0.15, 0.2) is 7.28 Å². The third kappa shape index (κ3) is 2.30. The van der Waals surface area contributed by atoms with Crippen LogP contribution in [0, 0.1) is 0 Å². The van der Waals surface area contributed by atoms with Crippen molar-refractivity contribution in [3.8, 4) is 0 Å². The van der Waals surface area contributed by atoms with E-state index in [0.717, 1.165) is 19.0 Å². The first-order valence-corrected chi connectivity index (χ1v) is 3.80. The lowest BCUT2D eigenvalue weighted by atomic mass is 9.75. The zero-order chi connectivity index (χ0) is 8.97. The number of hydrogen-bond donors (Lipinski definition) is 2. The predicted octanol–water partition coefficient (Wildman–Crippen LogP) is 0.222. The number of rotatable bonds is 3. The van der Waals surface area contributed by atoms with Gasteiger partial charge in [-0.1, -0.05) is 12.3 Å². The van der Waals surface area contributed by atoms with Crippen molar-refractivity contribution >= 4 is 24.8 Å². The number of nitrogens with one attached hydrogen (secondary N) is 1. The maximum atomic E-state index is 10.1. The van der Waals surface area contributed by atoms with E-state index in [1.165, 1.54) is 5.46 Å². The number of H-pyrrole nitrogens is 1. The second kappa shape index (κ2) is 3.81. The van der Waals surface area contributed by atoms with Crippen molar-refractivity contribution in [1.82, 2.24) is 4.98 Å². The van der Waals surface area contributed by atoms with E-state index in [2.05, 4.69) is 4.98 Å². The Hall–Kier alpha value is -1.45. The molecule has 0 radical (unpaired) electrons. The fourth-order valence-electron chi connectivity index (χ4n) is 0.921. The van der Waals surface area contributed by atoms with Gasteiger partial charge >= 0.3 is 5.97 Å². The van der Waals surface area contributed by atoms with Crippen LogP contribution in [0.15, 0.2) is 18.3 Å². The normalized spacial score (nSPS) is 10.4. The highest BCUT2D eigenvalue weighted by molar-refractivity contribution is 6.51. The first-order valence-electron chi connectivity index (χ1n) is 3.80. The smallest absolute Gasteiger partial charge is 0.328 e. The molecule has 0 aliphatic heterocycles. The van der Waals surface area contributed by atoms with E-state index < -0.39 is 5.97 Å². The molecule has 0 fully saturated rings. The molecule has 3 nitrogen and oxygen atoms in total. The van der Waals surface area contributed by atoms with Gasteiger partial charge in [-0.2, -0.15) is 0 Å². The van der Waals surface area contributed by atoms with Crippen LogP contribution in [0.3, 0.4) is 0 Å². The van der Waals surface area contributed by atoms with E-state index >= 15 is 0 Å². The molecule has 0 bridgehead atoms. The molecule has 0 spiro atoms. The van der Waals surface area contributed by atoms with Gasteiger partial charge in [-0.25, -0.2) is 4.79 Å². The van der Waals surface area contributed by atoms with Gasteiger partial charge < -0.3 is 10.1 Å². The minimum atomic E-state index is -0.928. The molecule has 2 N–H and O–H groups in total. The average Bonchev–Trinajstić information content (AvgIpc) is 2.48. The second-order valence-electron chi connectivity index (χ2n) is 2.49. The second-order valence-corrected chi connectivity index (χ2v) is 2.49. The molecular weight excluding hydrogens is 153 g/mol. The van der Waals surface area contributed by atoms with E-state index in [1.807, 2.05) is 19.1 Å². The molecule has 0 saturated carbocycles. The number of carboxylic acids is 1. The Morgan fingerprint density at radius 3 is 3.00 bits per heavy atom. The van der Waals surface area contributed by atoms with E-state index in [0.29, 0.717) is 0 Å². The van der Waals surface area contributed by atoms with Crippen molar-refractivity contribution in [2.75, 3.05) is 0 Å². The first-order chi connectivity index (χ1) is 5.72. The van der Waals surface area contributed by atoms with Crippen molar-refractivity contribution in [1.29, 1.82) is 0 Å². The van der Waals surface area contributed by atoms with Crippen LogP contribution in [0.1, 0.15) is 5.69 Å². The predicted molar refractivity (Wildman–Crippen MR) is 50.1 cm³/mol. The van der Waals surface area contributed by atoms with Crippen LogP contribution in [0.4, 0.5) is 0 Å². The Labute approximate surface area is 71.4 Å². The lowest BCUT2D eigenvalue weighted by molar-refractivity contribution is -0.131. The average molecular weight is 163 g/mol. The highest BCUT2D eigenvalue weighted by atomic mass is 16.4. The topological polar surface area (TPSA) is 53.1 Å². The Bertz CT molecular complexity index is 304. The molecule has 0 aliphatic rings. The molecule has 1 heterocycles. The third-order valence-electron chi connectivity index (χ3n) is 1.58. The third-order valence-corrected chi connectivity index (χ3v) is 1.58. The zero-order valence-corrected chi connectivity index (χ0v) is 6.87. The highest BCUT2D eigenvalue weighted by Gasteiger charge is 1.94. The van der Waals surface area contributed by atoms with E-state index in [9.17, 15) is 4.79 Å². The molecule has 0 atom stereocenters. The molecule has 0 aromatic carbocycles. The first kappa shape index (κ1) is 8.65. The summed E-state index contributed by atoms with van der Waals surface area (Å²) >= 11 is 0. The van der Waals surface area contributed by atoms with Gasteiger partial charge in [0.2, 0.25) is 0 Å². The summed E-state index contributed by atoms with van der Waals surface area (Å²) in [5.41, 5.74) is 2.01. The molecule has 0 amide bonds. The molecule has 0 saturated heterocycles. The van der Waals surface area contributed by atoms with Gasteiger partial charge in [-0.05, 0) is 18.3 Å². The van der Waals surface area contributed by atoms with E-state index in [1.54, 1.807) is 6.08 Å². The summed E-state index contributed by atoms with van der Waals surface area (Å²) < 4.78 is 0. The number of aliphatic carboxylic acids is 1. The van der Waals surface area contributed by atoms with Crippen molar-refractivity contribution in [3.05, 3.63) is 24.0 Å². The van der Waals surface area contributed by atoms with Crippen molar-refractivity contribution < 1.29 is 9.90 Å². The van der Waals surface area contributed by atoms with Crippen LogP contribution in [-0.4, -0.2) is 23.3 Å². The SMILES string of the molecule is CBc1c[nH]c(/C=C/C(=O)O)c1. The van der Waals surface area contributed by atoms with Crippen molar-refractivity contribution in [2.45, 2.75) is 6.82 Å². The van der Waals surface area contributed by atoms with E-state index in [4.69, 9.17) is 5.11 Å². The largest absolute Gasteiger partial charge is 0.478 e. The molecule has 12 heavy (non-hydrogen) atoms. The summed E-state index contributed by atoms with van der Waals surface area (Å²) in [6.45, 7) is 2.05. The van der Waals surface area contributed by atoms with Crippen LogP contribution in [0.2, 0.25) is 6.82 Å². The van der Waals surface area contributed by atoms with Gasteiger partial charge in [0.05, 0.1) is 0 Å².